The minimum Gasteiger partial charge on any atom is -0.326 e. The first-order chi connectivity index (χ1) is 14.7. The molecular weight excluding hydrogens is 424 g/mol. The Kier molecular flexibility index (Phi) is 5.14. The molecule has 2 aromatic rings. The molecule has 0 bridgehead atoms. The van der Waals surface area contributed by atoms with Crippen LogP contribution in [-0.2, 0) is 9.59 Å². The number of nitrogens with zero attached hydrogens (tertiary/aromatic N) is 3. The Hall–Kier alpha value is -3.46. The van der Waals surface area contributed by atoms with Crippen molar-refractivity contribution in [3.8, 4) is 0 Å². The smallest absolute Gasteiger partial charge is 0.289 e. The van der Waals surface area contributed by atoms with Gasteiger partial charge in [-0.1, -0.05) is 23.7 Å². The third-order valence-corrected chi connectivity index (χ3v) is 6.05. The first-order valence-electron chi connectivity index (χ1n) is 9.70. The number of nitro groups is 1. The van der Waals surface area contributed by atoms with Gasteiger partial charge in [-0.05, 0) is 37.6 Å². The molecule has 10 heteroatoms. The zero-order valence-corrected chi connectivity index (χ0v) is 17.4. The standard InChI is InChI=1S/C21H19ClN4O5/c1-21-10-8-19(28)25(21)16-5-3-2-4-14(16)20(29)24(21)11-9-18(27)23-13-6-7-15(22)17(12-13)26(30)31/h2-7,12H,8-11H2,1H3,(H,23,27). The van der Waals surface area contributed by atoms with Crippen LogP contribution in [0.15, 0.2) is 42.5 Å². The van der Waals surface area contributed by atoms with Crippen LogP contribution in [0.3, 0.4) is 0 Å². The van der Waals surface area contributed by atoms with Crippen molar-refractivity contribution in [2.75, 3.05) is 16.8 Å². The highest BCUT2D eigenvalue weighted by Crippen LogP contribution is 2.44. The summed E-state index contributed by atoms with van der Waals surface area (Å²) in [6.07, 6.45) is 0.744. The molecule has 1 fully saturated rings. The number of amides is 3. The molecule has 0 saturated carbocycles. The summed E-state index contributed by atoms with van der Waals surface area (Å²) < 4.78 is 0. The number of halogens is 1. The van der Waals surface area contributed by atoms with Crippen molar-refractivity contribution in [3.05, 3.63) is 63.2 Å². The molecule has 4 rings (SSSR count). The predicted molar refractivity (Wildman–Crippen MR) is 114 cm³/mol. The highest BCUT2D eigenvalue weighted by Gasteiger charge is 2.52. The van der Waals surface area contributed by atoms with E-state index in [0.29, 0.717) is 24.1 Å². The molecule has 160 valence electrons. The molecule has 2 aliphatic heterocycles. The van der Waals surface area contributed by atoms with E-state index in [2.05, 4.69) is 5.32 Å². The number of para-hydroxylation sites is 1. The summed E-state index contributed by atoms with van der Waals surface area (Å²) in [5.74, 6) is -0.716. The van der Waals surface area contributed by atoms with Gasteiger partial charge >= 0.3 is 0 Å². The molecule has 31 heavy (non-hydrogen) atoms. The second-order valence-electron chi connectivity index (χ2n) is 7.64. The highest BCUT2D eigenvalue weighted by atomic mass is 35.5. The molecule has 3 amide bonds. The van der Waals surface area contributed by atoms with Gasteiger partial charge in [-0.2, -0.15) is 0 Å². The minimum absolute atomic E-state index is 0.0282. The van der Waals surface area contributed by atoms with Crippen molar-refractivity contribution in [3.63, 3.8) is 0 Å². The van der Waals surface area contributed by atoms with E-state index in [-0.39, 0.29) is 41.2 Å². The van der Waals surface area contributed by atoms with Gasteiger partial charge in [0, 0.05) is 31.1 Å². The van der Waals surface area contributed by atoms with E-state index < -0.39 is 16.5 Å². The Balaban J connectivity index is 1.52. The second kappa shape index (κ2) is 7.66. The van der Waals surface area contributed by atoms with Crippen molar-refractivity contribution in [1.29, 1.82) is 0 Å². The van der Waals surface area contributed by atoms with Gasteiger partial charge < -0.3 is 10.2 Å². The van der Waals surface area contributed by atoms with Gasteiger partial charge in [0.15, 0.2) is 0 Å². The molecule has 1 atom stereocenters. The van der Waals surface area contributed by atoms with E-state index in [1.165, 1.54) is 18.2 Å². The third kappa shape index (κ3) is 3.50. The number of hydrogen-bond acceptors (Lipinski definition) is 5. The summed E-state index contributed by atoms with van der Waals surface area (Å²) in [4.78, 5) is 51.8. The average molecular weight is 443 g/mol. The Morgan fingerprint density at radius 2 is 2.00 bits per heavy atom. The maximum Gasteiger partial charge on any atom is 0.289 e. The predicted octanol–water partition coefficient (Wildman–Crippen LogP) is 3.58. The van der Waals surface area contributed by atoms with E-state index >= 15 is 0 Å². The topological polar surface area (TPSA) is 113 Å². The van der Waals surface area contributed by atoms with Crippen LogP contribution in [0, 0.1) is 10.1 Å². The lowest BCUT2D eigenvalue weighted by atomic mass is 9.98. The molecule has 2 aromatic carbocycles. The first kappa shape index (κ1) is 20.8. The molecule has 0 aromatic heterocycles. The van der Waals surface area contributed by atoms with Gasteiger partial charge in [0.1, 0.15) is 10.7 Å². The van der Waals surface area contributed by atoms with E-state index in [4.69, 9.17) is 11.6 Å². The van der Waals surface area contributed by atoms with Crippen molar-refractivity contribution in [1.82, 2.24) is 4.90 Å². The number of fused-ring (bicyclic) bond motifs is 3. The molecule has 9 nitrogen and oxygen atoms in total. The van der Waals surface area contributed by atoms with Gasteiger partial charge in [0.2, 0.25) is 11.8 Å². The van der Waals surface area contributed by atoms with Gasteiger partial charge in [-0.15, -0.1) is 0 Å². The Bertz CT molecular complexity index is 1120. The fourth-order valence-electron chi connectivity index (χ4n) is 4.21. The minimum atomic E-state index is -0.845. The molecule has 1 unspecified atom stereocenters. The Morgan fingerprint density at radius 1 is 1.26 bits per heavy atom. The van der Waals surface area contributed by atoms with Crippen LogP contribution in [0.1, 0.15) is 36.5 Å². The largest absolute Gasteiger partial charge is 0.326 e. The highest BCUT2D eigenvalue weighted by molar-refractivity contribution is 6.32. The summed E-state index contributed by atoms with van der Waals surface area (Å²) >= 11 is 5.80. The lowest BCUT2D eigenvalue weighted by Gasteiger charge is -2.48. The van der Waals surface area contributed by atoms with Crippen molar-refractivity contribution < 1.29 is 19.3 Å². The van der Waals surface area contributed by atoms with Crippen LogP contribution in [-0.4, -0.2) is 39.8 Å². The number of benzene rings is 2. The summed E-state index contributed by atoms with van der Waals surface area (Å²) in [6, 6.07) is 10.9. The molecule has 1 saturated heterocycles. The fourth-order valence-corrected chi connectivity index (χ4v) is 4.40. The molecular formula is C21H19ClN4O5. The molecule has 0 aliphatic carbocycles. The van der Waals surface area contributed by atoms with Gasteiger partial charge in [-0.25, -0.2) is 0 Å². The molecule has 0 radical (unpaired) electrons. The SMILES string of the molecule is CC12CCC(=O)N1c1ccccc1C(=O)N2CCC(=O)Nc1ccc(Cl)c([N+](=O)[O-])c1. The Labute approximate surface area is 182 Å². The maximum absolute atomic E-state index is 13.2. The van der Waals surface area contributed by atoms with Crippen molar-refractivity contribution >= 4 is 46.4 Å². The molecule has 1 N–H and O–H groups in total. The van der Waals surface area contributed by atoms with E-state index in [0.717, 1.165) is 0 Å². The fraction of sp³-hybridized carbons (Fsp3) is 0.286. The van der Waals surface area contributed by atoms with Crippen LogP contribution in [0.25, 0.3) is 0 Å². The number of anilines is 2. The molecule has 2 heterocycles. The number of hydrogen-bond donors (Lipinski definition) is 1. The summed E-state index contributed by atoms with van der Waals surface area (Å²) in [5.41, 5.74) is 0.0906. The van der Waals surface area contributed by atoms with Gasteiger partial charge in [0.05, 0.1) is 16.2 Å². The average Bonchev–Trinajstić information content (AvgIpc) is 3.04. The van der Waals surface area contributed by atoms with Gasteiger partial charge in [-0.3, -0.25) is 29.4 Å². The van der Waals surface area contributed by atoms with Crippen molar-refractivity contribution in [2.24, 2.45) is 0 Å². The lowest BCUT2D eigenvalue weighted by Crippen LogP contribution is -2.62. The number of nitrogens with one attached hydrogen (secondary N) is 1. The third-order valence-electron chi connectivity index (χ3n) is 5.73. The molecule has 2 aliphatic rings. The summed E-state index contributed by atoms with van der Waals surface area (Å²) in [6.45, 7) is 1.92. The summed E-state index contributed by atoms with van der Waals surface area (Å²) in [7, 11) is 0. The van der Waals surface area contributed by atoms with Crippen LogP contribution in [0.4, 0.5) is 17.1 Å². The maximum atomic E-state index is 13.2. The summed E-state index contributed by atoms with van der Waals surface area (Å²) in [5, 5.41) is 13.6. The first-order valence-corrected chi connectivity index (χ1v) is 10.1. The zero-order chi connectivity index (χ0) is 22.3. The zero-order valence-electron chi connectivity index (χ0n) is 16.6. The van der Waals surface area contributed by atoms with E-state index in [1.54, 1.807) is 34.1 Å². The quantitative estimate of drug-likeness (QED) is 0.561. The van der Waals surface area contributed by atoms with Crippen LogP contribution >= 0.6 is 11.6 Å². The number of nitro benzene ring substituents is 1. The molecule has 0 spiro atoms. The van der Waals surface area contributed by atoms with Crippen LogP contribution in [0.5, 0.6) is 0 Å². The second-order valence-corrected chi connectivity index (χ2v) is 8.05. The van der Waals surface area contributed by atoms with Crippen molar-refractivity contribution in [2.45, 2.75) is 31.8 Å². The lowest BCUT2D eigenvalue weighted by molar-refractivity contribution is -0.384. The monoisotopic (exact) mass is 442 g/mol. The van der Waals surface area contributed by atoms with Crippen LogP contribution < -0.4 is 10.2 Å². The number of rotatable bonds is 5. The van der Waals surface area contributed by atoms with E-state index in [1.807, 2.05) is 6.92 Å². The van der Waals surface area contributed by atoms with Crippen LogP contribution in [0.2, 0.25) is 5.02 Å². The number of carbonyl (C=O) groups is 3. The number of carbonyl (C=O) groups excluding carboxylic acids is 3. The normalized spacial score (nSPS) is 19.8. The van der Waals surface area contributed by atoms with Gasteiger partial charge in [0.25, 0.3) is 11.6 Å². The van der Waals surface area contributed by atoms with E-state index in [9.17, 15) is 24.5 Å². The Morgan fingerprint density at radius 3 is 2.74 bits per heavy atom.